The predicted molar refractivity (Wildman–Crippen MR) is 79.8 cm³/mol. The van der Waals surface area contributed by atoms with Crippen LogP contribution in [-0.2, 0) is 11.3 Å². The number of hydrogen-bond donors (Lipinski definition) is 0. The van der Waals surface area contributed by atoms with E-state index < -0.39 is 0 Å². The lowest BCUT2D eigenvalue weighted by molar-refractivity contribution is -0.135. The summed E-state index contributed by atoms with van der Waals surface area (Å²) in [6.07, 6.45) is 7.13. The lowest BCUT2D eigenvalue weighted by atomic mass is 10.0. The molecule has 1 aliphatic heterocycles. The summed E-state index contributed by atoms with van der Waals surface area (Å²) in [5.41, 5.74) is 1.04. The monoisotopic (exact) mass is 305 g/mol. The molecule has 2 aromatic rings. The molecule has 21 heavy (non-hydrogen) atoms. The lowest BCUT2D eigenvalue weighted by Crippen LogP contribution is -2.38. The van der Waals surface area contributed by atoms with E-state index in [4.69, 9.17) is 0 Å². The Morgan fingerprint density at radius 2 is 2.38 bits per heavy atom. The fourth-order valence-corrected chi connectivity index (χ4v) is 3.66. The second kappa shape index (κ2) is 6.34. The highest BCUT2D eigenvalue weighted by Gasteiger charge is 2.29. The average molecular weight is 305 g/mol. The van der Waals surface area contributed by atoms with Crippen LogP contribution in [0.25, 0.3) is 0 Å². The van der Waals surface area contributed by atoms with Gasteiger partial charge in [0, 0.05) is 30.2 Å². The molecule has 7 heteroatoms. The quantitative estimate of drug-likeness (QED) is 0.868. The van der Waals surface area contributed by atoms with Crippen LogP contribution in [0.15, 0.2) is 17.8 Å². The van der Waals surface area contributed by atoms with Gasteiger partial charge in [0.25, 0.3) is 0 Å². The van der Waals surface area contributed by atoms with E-state index in [9.17, 15) is 4.79 Å². The normalized spacial score (nSPS) is 18.9. The second-order valence-corrected chi connectivity index (χ2v) is 6.23. The van der Waals surface area contributed by atoms with Crippen LogP contribution in [0.2, 0.25) is 0 Å². The molecular formula is C14H19N5OS. The van der Waals surface area contributed by atoms with Crippen LogP contribution in [-0.4, -0.2) is 37.3 Å². The highest BCUT2D eigenvalue weighted by molar-refractivity contribution is 7.09. The van der Waals surface area contributed by atoms with Crippen molar-refractivity contribution in [2.45, 2.75) is 45.2 Å². The van der Waals surface area contributed by atoms with Crippen molar-refractivity contribution in [3.8, 4) is 0 Å². The van der Waals surface area contributed by atoms with Crippen LogP contribution < -0.4 is 0 Å². The number of nitrogens with zero attached hydrogens (tertiary/aromatic N) is 5. The van der Waals surface area contributed by atoms with Gasteiger partial charge in [0.05, 0.1) is 18.8 Å². The maximum Gasteiger partial charge on any atom is 0.225 e. The highest BCUT2D eigenvalue weighted by atomic mass is 32.1. The van der Waals surface area contributed by atoms with E-state index in [2.05, 4.69) is 20.7 Å². The summed E-state index contributed by atoms with van der Waals surface area (Å²) < 4.78 is 1.70. The van der Waals surface area contributed by atoms with E-state index >= 15 is 0 Å². The molecule has 3 heterocycles. The highest BCUT2D eigenvalue weighted by Crippen LogP contribution is 2.33. The van der Waals surface area contributed by atoms with Gasteiger partial charge in [-0.15, -0.1) is 16.4 Å². The first-order valence-corrected chi connectivity index (χ1v) is 8.17. The Kier molecular flexibility index (Phi) is 4.28. The fourth-order valence-electron chi connectivity index (χ4n) is 2.72. The third-order valence-corrected chi connectivity index (χ3v) is 4.84. The Morgan fingerprint density at radius 1 is 1.48 bits per heavy atom. The molecule has 1 fully saturated rings. The molecule has 2 aromatic heterocycles. The molecule has 6 nitrogen and oxygen atoms in total. The molecule has 1 saturated heterocycles. The number of carbonyl (C=O) groups is 1. The fraction of sp³-hybridized carbons (Fsp3) is 0.571. The number of aromatic nitrogens is 4. The van der Waals surface area contributed by atoms with Crippen molar-refractivity contribution in [3.05, 3.63) is 28.5 Å². The maximum atomic E-state index is 12.5. The van der Waals surface area contributed by atoms with Crippen LogP contribution in [0.5, 0.6) is 0 Å². The molecule has 0 bridgehead atoms. The van der Waals surface area contributed by atoms with E-state index in [1.807, 2.05) is 11.8 Å². The van der Waals surface area contributed by atoms with Crippen LogP contribution >= 0.6 is 11.3 Å². The van der Waals surface area contributed by atoms with Gasteiger partial charge in [0.15, 0.2) is 0 Å². The van der Waals surface area contributed by atoms with E-state index in [1.165, 1.54) is 0 Å². The summed E-state index contributed by atoms with van der Waals surface area (Å²) in [5, 5.41) is 10.8. The minimum absolute atomic E-state index is 0.153. The zero-order valence-corrected chi connectivity index (χ0v) is 12.9. The summed E-state index contributed by atoms with van der Waals surface area (Å²) in [6, 6.07) is 0.153. The maximum absolute atomic E-state index is 12.5. The first kappa shape index (κ1) is 14.2. The van der Waals surface area contributed by atoms with Crippen LogP contribution in [0, 0.1) is 6.92 Å². The number of likely N-dealkylation sites (tertiary alicyclic amines) is 1. The zero-order chi connectivity index (χ0) is 14.7. The van der Waals surface area contributed by atoms with Gasteiger partial charge in [0.2, 0.25) is 5.91 Å². The van der Waals surface area contributed by atoms with Gasteiger partial charge in [-0.25, -0.2) is 4.98 Å². The predicted octanol–water partition coefficient (Wildman–Crippen LogP) is 2.19. The molecule has 1 aliphatic rings. The third kappa shape index (κ3) is 3.29. The number of amides is 1. The Morgan fingerprint density at radius 3 is 3.10 bits per heavy atom. The molecule has 0 spiro atoms. The Bertz CT molecular complexity index is 594. The third-order valence-electron chi connectivity index (χ3n) is 3.77. The minimum Gasteiger partial charge on any atom is -0.333 e. The SMILES string of the molecule is Cc1csc([C@@H]2CCCCN2C(=O)CCn2ccnn2)n1. The van der Waals surface area contributed by atoms with Gasteiger partial charge in [-0.3, -0.25) is 9.48 Å². The largest absolute Gasteiger partial charge is 0.333 e. The molecule has 0 aromatic carbocycles. The second-order valence-electron chi connectivity index (χ2n) is 5.34. The van der Waals surface area contributed by atoms with Crippen molar-refractivity contribution < 1.29 is 4.79 Å². The molecule has 112 valence electrons. The number of carbonyl (C=O) groups excluding carboxylic acids is 1. The smallest absolute Gasteiger partial charge is 0.225 e. The zero-order valence-electron chi connectivity index (χ0n) is 12.1. The minimum atomic E-state index is 0.153. The molecular weight excluding hydrogens is 286 g/mol. The van der Waals surface area contributed by atoms with Crippen molar-refractivity contribution in [3.63, 3.8) is 0 Å². The first-order valence-electron chi connectivity index (χ1n) is 7.29. The van der Waals surface area contributed by atoms with Crippen LogP contribution in [0.4, 0.5) is 0 Å². The summed E-state index contributed by atoms with van der Waals surface area (Å²) in [4.78, 5) is 19.1. The summed E-state index contributed by atoms with van der Waals surface area (Å²) in [6.45, 7) is 3.41. The van der Waals surface area contributed by atoms with E-state index in [-0.39, 0.29) is 11.9 Å². The van der Waals surface area contributed by atoms with Gasteiger partial charge >= 0.3 is 0 Å². The first-order chi connectivity index (χ1) is 10.2. The number of piperidine rings is 1. The van der Waals surface area contributed by atoms with Crippen LogP contribution in [0.3, 0.4) is 0 Å². The Labute approximate surface area is 127 Å². The van der Waals surface area contributed by atoms with Crippen molar-refractivity contribution in [2.24, 2.45) is 0 Å². The number of thiazole rings is 1. The lowest BCUT2D eigenvalue weighted by Gasteiger charge is -2.34. The van der Waals surface area contributed by atoms with Gasteiger partial charge in [0.1, 0.15) is 5.01 Å². The van der Waals surface area contributed by atoms with Gasteiger partial charge in [-0.1, -0.05) is 5.21 Å². The summed E-state index contributed by atoms with van der Waals surface area (Å²) >= 11 is 1.66. The van der Waals surface area contributed by atoms with Gasteiger partial charge in [-0.2, -0.15) is 0 Å². The summed E-state index contributed by atoms with van der Waals surface area (Å²) in [7, 11) is 0. The standard InChI is InChI=1S/C14H19N5OS/c1-11-10-21-14(16-11)12-4-2-3-7-19(12)13(20)5-8-18-9-6-15-17-18/h6,9-10,12H,2-5,7-8H2,1H3/t12-/m0/s1. The number of rotatable bonds is 4. The van der Waals surface area contributed by atoms with Crippen molar-refractivity contribution in [2.75, 3.05) is 6.54 Å². The molecule has 0 aliphatic carbocycles. The average Bonchev–Trinajstić information content (AvgIpc) is 3.16. The molecule has 1 atom stereocenters. The number of hydrogen-bond acceptors (Lipinski definition) is 5. The molecule has 0 N–H and O–H groups in total. The van der Waals surface area contributed by atoms with E-state index in [1.54, 1.807) is 28.4 Å². The summed E-state index contributed by atoms with van der Waals surface area (Å²) in [5.74, 6) is 0.183. The van der Waals surface area contributed by atoms with Gasteiger partial charge in [-0.05, 0) is 26.2 Å². The number of aryl methyl sites for hydroxylation is 2. The van der Waals surface area contributed by atoms with Crippen molar-refractivity contribution >= 4 is 17.2 Å². The van der Waals surface area contributed by atoms with E-state index in [0.717, 1.165) is 36.5 Å². The topological polar surface area (TPSA) is 63.9 Å². The van der Waals surface area contributed by atoms with Crippen molar-refractivity contribution in [1.29, 1.82) is 0 Å². The Balaban J connectivity index is 1.67. The Hall–Kier alpha value is -1.76. The van der Waals surface area contributed by atoms with Gasteiger partial charge < -0.3 is 4.90 Å². The van der Waals surface area contributed by atoms with E-state index in [0.29, 0.717) is 13.0 Å². The molecule has 1 amide bonds. The van der Waals surface area contributed by atoms with Crippen LogP contribution in [0.1, 0.15) is 42.4 Å². The molecule has 0 unspecified atom stereocenters. The van der Waals surface area contributed by atoms with Crippen molar-refractivity contribution in [1.82, 2.24) is 24.9 Å². The molecule has 3 rings (SSSR count). The molecule has 0 radical (unpaired) electrons. The molecule has 0 saturated carbocycles.